The Morgan fingerprint density at radius 1 is 1.27 bits per heavy atom. The number of nitrogens with zero attached hydrogens (tertiary/aromatic N) is 3. The molecule has 0 aromatic heterocycles. The lowest BCUT2D eigenvalue weighted by atomic mass is 9.90. The Labute approximate surface area is 128 Å². The van der Waals surface area contributed by atoms with Crippen molar-refractivity contribution in [3.8, 4) is 0 Å². The van der Waals surface area contributed by atoms with E-state index in [1.54, 1.807) is 0 Å². The molecule has 22 heavy (non-hydrogen) atoms. The van der Waals surface area contributed by atoms with E-state index in [2.05, 4.69) is 24.4 Å². The van der Waals surface area contributed by atoms with Gasteiger partial charge in [0.1, 0.15) is 5.69 Å². The van der Waals surface area contributed by atoms with Gasteiger partial charge in [-0.1, -0.05) is 27.2 Å². The van der Waals surface area contributed by atoms with Crippen LogP contribution in [0.2, 0.25) is 0 Å². The standard InChI is InChI=1S/C14H20N4O4/c1-5-9(2)10(3)11(4)15-16-13-7-6-12(17(19)20)8-14(13)18(21)22/h6-10,16H,5H2,1-4H3/b15-11+. The van der Waals surface area contributed by atoms with Crippen LogP contribution >= 0.6 is 0 Å². The number of rotatable bonds is 7. The first-order valence-electron chi connectivity index (χ1n) is 7.00. The van der Waals surface area contributed by atoms with Crippen LogP contribution in [0.15, 0.2) is 23.3 Å². The molecule has 2 atom stereocenters. The summed E-state index contributed by atoms with van der Waals surface area (Å²) in [5, 5.41) is 25.9. The highest BCUT2D eigenvalue weighted by Crippen LogP contribution is 2.29. The minimum absolute atomic E-state index is 0.131. The zero-order valence-corrected chi connectivity index (χ0v) is 13.1. The molecule has 2 unspecified atom stereocenters. The van der Waals surface area contributed by atoms with Gasteiger partial charge in [0.25, 0.3) is 5.69 Å². The Morgan fingerprint density at radius 2 is 1.91 bits per heavy atom. The van der Waals surface area contributed by atoms with Crippen LogP contribution < -0.4 is 5.43 Å². The highest BCUT2D eigenvalue weighted by molar-refractivity contribution is 5.85. The largest absolute Gasteiger partial charge is 0.301 e. The van der Waals surface area contributed by atoms with Crippen molar-refractivity contribution in [3.05, 3.63) is 38.4 Å². The maximum absolute atomic E-state index is 11.0. The Bertz CT molecular complexity index is 601. The summed E-state index contributed by atoms with van der Waals surface area (Å²) in [5.41, 5.74) is 2.90. The third-order valence-electron chi connectivity index (χ3n) is 3.90. The van der Waals surface area contributed by atoms with Gasteiger partial charge >= 0.3 is 5.69 Å². The fourth-order valence-corrected chi connectivity index (χ4v) is 1.89. The lowest BCUT2D eigenvalue weighted by Gasteiger charge is -2.17. The van der Waals surface area contributed by atoms with Crippen molar-refractivity contribution in [2.75, 3.05) is 5.43 Å². The number of nitro groups is 2. The Balaban J connectivity index is 3.03. The highest BCUT2D eigenvalue weighted by atomic mass is 16.6. The topological polar surface area (TPSA) is 111 Å². The van der Waals surface area contributed by atoms with Crippen LogP contribution in [0.1, 0.15) is 34.1 Å². The van der Waals surface area contributed by atoms with E-state index in [0.717, 1.165) is 18.2 Å². The summed E-state index contributed by atoms with van der Waals surface area (Å²) in [4.78, 5) is 20.4. The molecular formula is C14H20N4O4. The van der Waals surface area contributed by atoms with E-state index in [1.165, 1.54) is 12.1 Å². The summed E-state index contributed by atoms with van der Waals surface area (Å²) in [7, 11) is 0. The summed E-state index contributed by atoms with van der Waals surface area (Å²) < 4.78 is 0. The van der Waals surface area contributed by atoms with Gasteiger partial charge in [-0.3, -0.25) is 25.7 Å². The number of nitro benzene ring substituents is 2. The van der Waals surface area contributed by atoms with Crippen LogP contribution in [0, 0.1) is 32.1 Å². The molecule has 0 fully saturated rings. The van der Waals surface area contributed by atoms with Crippen LogP contribution in [-0.4, -0.2) is 15.6 Å². The first kappa shape index (κ1) is 17.5. The molecule has 1 N–H and O–H groups in total. The first-order chi connectivity index (χ1) is 10.3. The van der Waals surface area contributed by atoms with Crippen LogP contribution in [0.5, 0.6) is 0 Å². The monoisotopic (exact) mass is 308 g/mol. The van der Waals surface area contributed by atoms with Crippen molar-refractivity contribution in [1.82, 2.24) is 0 Å². The van der Waals surface area contributed by atoms with Crippen molar-refractivity contribution in [1.29, 1.82) is 0 Å². The smallest absolute Gasteiger partial charge is 0.272 e. The minimum atomic E-state index is -0.670. The molecule has 0 heterocycles. The second-order valence-corrected chi connectivity index (χ2v) is 5.25. The normalized spacial score (nSPS) is 14.3. The molecule has 0 amide bonds. The zero-order valence-electron chi connectivity index (χ0n) is 13.1. The van der Waals surface area contributed by atoms with Gasteiger partial charge in [-0.2, -0.15) is 5.10 Å². The molecule has 1 aromatic rings. The quantitative estimate of drug-likeness (QED) is 0.465. The second kappa shape index (κ2) is 7.48. The minimum Gasteiger partial charge on any atom is -0.272 e. The predicted molar refractivity (Wildman–Crippen MR) is 85.1 cm³/mol. The van der Waals surface area contributed by atoms with Crippen LogP contribution in [0.3, 0.4) is 0 Å². The number of hydrogen-bond donors (Lipinski definition) is 1. The van der Waals surface area contributed by atoms with E-state index < -0.39 is 9.85 Å². The molecule has 0 spiro atoms. The van der Waals surface area contributed by atoms with Crippen LogP contribution in [0.4, 0.5) is 17.1 Å². The van der Waals surface area contributed by atoms with Crippen LogP contribution in [-0.2, 0) is 0 Å². The first-order valence-corrected chi connectivity index (χ1v) is 7.00. The molecule has 8 nitrogen and oxygen atoms in total. The van der Waals surface area contributed by atoms with E-state index in [0.29, 0.717) is 5.92 Å². The van der Waals surface area contributed by atoms with Crippen LogP contribution in [0.25, 0.3) is 0 Å². The molecule has 0 bridgehead atoms. The number of nitrogens with one attached hydrogen (secondary N) is 1. The highest BCUT2D eigenvalue weighted by Gasteiger charge is 2.20. The van der Waals surface area contributed by atoms with Gasteiger partial charge < -0.3 is 0 Å². The summed E-state index contributed by atoms with van der Waals surface area (Å²) >= 11 is 0. The number of hydrogen-bond acceptors (Lipinski definition) is 6. The van der Waals surface area contributed by atoms with Gasteiger partial charge in [0, 0.05) is 11.8 Å². The van der Waals surface area contributed by atoms with E-state index >= 15 is 0 Å². The molecule has 1 rings (SSSR count). The van der Waals surface area contributed by atoms with Gasteiger partial charge in [-0.25, -0.2) is 0 Å². The van der Waals surface area contributed by atoms with E-state index in [1.807, 2.05) is 13.8 Å². The number of benzene rings is 1. The molecule has 1 aromatic carbocycles. The van der Waals surface area contributed by atoms with Gasteiger partial charge in [0.15, 0.2) is 0 Å². The average molecular weight is 308 g/mol. The molecule has 0 aliphatic heterocycles. The van der Waals surface area contributed by atoms with Gasteiger partial charge in [0.05, 0.1) is 15.9 Å². The molecule has 0 aliphatic carbocycles. The molecule has 0 saturated heterocycles. The summed E-state index contributed by atoms with van der Waals surface area (Å²) in [5.74, 6) is 0.673. The Hall–Kier alpha value is -2.51. The van der Waals surface area contributed by atoms with E-state index in [-0.39, 0.29) is 23.0 Å². The van der Waals surface area contributed by atoms with Crippen molar-refractivity contribution >= 4 is 22.8 Å². The maximum atomic E-state index is 11.0. The van der Waals surface area contributed by atoms with E-state index in [9.17, 15) is 20.2 Å². The third kappa shape index (κ3) is 4.24. The third-order valence-corrected chi connectivity index (χ3v) is 3.90. The number of hydrazone groups is 1. The molecule has 8 heteroatoms. The van der Waals surface area contributed by atoms with E-state index in [4.69, 9.17) is 0 Å². The molecule has 0 aliphatic rings. The van der Waals surface area contributed by atoms with Gasteiger partial charge in [-0.15, -0.1) is 0 Å². The Kier molecular flexibility index (Phi) is 5.97. The zero-order chi connectivity index (χ0) is 16.9. The average Bonchev–Trinajstić information content (AvgIpc) is 2.50. The fourth-order valence-electron chi connectivity index (χ4n) is 1.89. The molecule has 0 radical (unpaired) electrons. The van der Waals surface area contributed by atoms with Crippen molar-refractivity contribution in [2.45, 2.75) is 34.1 Å². The van der Waals surface area contributed by atoms with Crippen molar-refractivity contribution in [3.63, 3.8) is 0 Å². The molecule has 120 valence electrons. The number of anilines is 1. The summed E-state index contributed by atoms with van der Waals surface area (Å²) in [6.45, 7) is 8.08. The fraction of sp³-hybridized carbons (Fsp3) is 0.500. The van der Waals surface area contributed by atoms with Crippen molar-refractivity contribution in [2.24, 2.45) is 16.9 Å². The van der Waals surface area contributed by atoms with Gasteiger partial charge in [-0.05, 0) is 24.8 Å². The lowest BCUT2D eigenvalue weighted by molar-refractivity contribution is -0.393. The summed E-state index contributed by atoms with van der Waals surface area (Å²) in [6.07, 6.45) is 1.01. The Morgan fingerprint density at radius 3 is 2.41 bits per heavy atom. The summed E-state index contributed by atoms with van der Waals surface area (Å²) in [6, 6.07) is 3.42. The predicted octanol–water partition coefficient (Wildman–Crippen LogP) is 3.97. The molecular weight excluding hydrogens is 288 g/mol. The number of non-ortho nitro benzene ring substituents is 1. The maximum Gasteiger partial charge on any atom is 0.301 e. The van der Waals surface area contributed by atoms with Crippen molar-refractivity contribution < 1.29 is 9.85 Å². The SMILES string of the molecule is CCC(C)C(C)/C(C)=N/Nc1ccc([N+](=O)[O-])cc1[N+](=O)[O-]. The lowest BCUT2D eigenvalue weighted by Crippen LogP contribution is -2.17. The molecule has 0 saturated carbocycles. The second-order valence-electron chi connectivity index (χ2n) is 5.25. The van der Waals surface area contributed by atoms with Gasteiger partial charge in [0.2, 0.25) is 0 Å².